The molecule has 10 heteroatoms. The number of hydrogen-bond donors (Lipinski definition) is 2. The van der Waals surface area contributed by atoms with Gasteiger partial charge in [-0.1, -0.05) is 12.8 Å². The van der Waals surface area contributed by atoms with E-state index in [0.717, 1.165) is 42.5 Å². The number of nitrogens with two attached hydrogens (primary N) is 1. The van der Waals surface area contributed by atoms with Crippen LogP contribution in [0.3, 0.4) is 0 Å². The maximum Gasteiger partial charge on any atom is 0.313 e. The molecule has 0 unspecified atom stereocenters. The Kier molecular flexibility index (Phi) is 5.64. The van der Waals surface area contributed by atoms with Crippen LogP contribution in [0.5, 0.6) is 11.5 Å². The minimum Gasteiger partial charge on any atom is -0.448 e. The zero-order valence-corrected chi connectivity index (χ0v) is 15.5. The van der Waals surface area contributed by atoms with Crippen LogP contribution in [0.4, 0.5) is 14.7 Å². The van der Waals surface area contributed by atoms with Crippen LogP contribution in [0.2, 0.25) is 0 Å². The Hall–Kier alpha value is -2.94. The van der Waals surface area contributed by atoms with E-state index in [1.807, 2.05) is 0 Å². The van der Waals surface area contributed by atoms with Crippen molar-refractivity contribution in [2.75, 3.05) is 11.2 Å². The molecule has 0 radical (unpaired) electrons. The van der Waals surface area contributed by atoms with Crippen LogP contribution >= 0.6 is 12.4 Å². The summed E-state index contributed by atoms with van der Waals surface area (Å²) in [6.07, 6.45) is 5.93. The summed E-state index contributed by atoms with van der Waals surface area (Å²) in [5.74, 6) is 4.09. The molecule has 0 bridgehead atoms. The van der Waals surface area contributed by atoms with Crippen molar-refractivity contribution in [1.82, 2.24) is 14.6 Å². The zero-order chi connectivity index (χ0) is 19.0. The molecular formula is C18H18ClF2N5O2. The Morgan fingerprint density at radius 1 is 1.18 bits per heavy atom. The van der Waals surface area contributed by atoms with Crippen LogP contribution in [0.25, 0.3) is 11.0 Å². The average molecular weight is 410 g/mol. The van der Waals surface area contributed by atoms with Gasteiger partial charge in [0.05, 0.1) is 0 Å². The van der Waals surface area contributed by atoms with Gasteiger partial charge in [-0.2, -0.15) is 4.98 Å². The van der Waals surface area contributed by atoms with Crippen LogP contribution in [-0.4, -0.2) is 20.7 Å². The van der Waals surface area contributed by atoms with Gasteiger partial charge in [-0.05, 0) is 31.0 Å². The van der Waals surface area contributed by atoms with E-state index in [9.17, 15) is 13.6 Å². The highest BCUT2D eigenvalue weighted by molar-refractivity contribution is 5.85. The zero-order valence-electron chi connectivity index (χ0n) is 14.7. The summed E-state index contributed by atoms with van der Waals surface area (Å²) in [5.41, 5.74) is -0.473. The molecule has 1 aliphatic rings. The van der Waals surface area contributed by atoms with E-state index in [0.29, 0.717) is 23.4 Å². The fourth-order valence-electron chi connectivity index (χ4n) is 3.17. The van der Waals surface area contributed by atoms with E-state index in [4.69, 9.17) is 10.6 Å². The lowest BCUT2D eigenvalue weighted by Gasteiger charge is -2.13. The lowest BCUT2D eigenvalue weighted by atomic mass is 10.2. The molecule has 4 rings (SSSR count). The fourth-order valence-corrected chi connectivity index (χ4v) is 3.17. The molecule has 1 fully saturated rings. The first-order valence-electron chi connectivity index (χ1n) is 8.58. The van der Waals surface area contributed by atoms with Crippen molar-refractivity contribution in [2.45, 2.75) is 31.7 Å². The van der Waals surface area contributed by atoms with Crippen LogP contribution < -0.4 is 21.5 Å². The molecule has 7 nitrogen and oxygen atoms in total. The highest BCUT2D eigenvalue weighted by atomic mass is 35.5. The monoisotopic (exact) mass is 409 g/mol. The molecule has 1 saturated carbocycles. The number of anilines is 1. The van der Waals surface area contributed by atoms with Crippen LogP contribution in [0, 0.1) is 11.6 Å². The first kappa shape index (κ1) is 19.8. The van der Waals surface area contributed by atoms with Crippen molar-refractivity contribution in [3.05, 3.63) is 52.5 Å². The number of pyridine rings is 1. The summed E-state index contributed by atoms with van der Waals surface area (Å²) in [6.45, 7) is 0. The quantitative estimate of drug-likeness (QED) is 0.641. The third-order valence-electron chi connectivity index (χ3n) is 4.54. The molecule has 1 aromatic carbocycles. The lowest BCUT2D eigenvalue weighted by molar-refractivity contribution is 0.431. The van der Waals surface area contributed by atoms with Gasteiger partial charge in [0.2, 0.25) is 5.95 Å². The molecule has 2 heterocycles. The number of nitrogens with one attached hydrogen (secondary N) is 1. The number of aromatic nitrogens is 3. The standard InChI is InChI=1S/C18H17F2N5O2.ClH/c19-11-5-6-14(13(20)8-11)27-15-7-10-9-22-18(23-12-3-1-2-4-12)24-16(10)25(21)17(15)26;/h5-9,12H,1-4,21H2,(H,22,23,24);1H. The van der Waals surface area contributed by atoms with Crippen molar-refractivity contribution in [1.29, 1.82) is 0 Å². The van der Waals surface area contributed by atoms with Crippen molar-refractivity contribution < 1.29 is 13.5 Å². The minimum atomic E-state index is -0.926. The van der Waals surface area contributed by atoms with Gasteiger partial charge in [0.1, 0.15) is 5.82 Å². The number of nitrogens with zero attached hydrogens (tertiary/aromatic N) is 3. The van der Waals surface area contributed by atoms with Gasteiger partial charge in [0.15, 0.2) is 23.0 Å². The lowest BCUT2D eigenvalue weighted by Crippen LogP contribution is -2.29. The van der Waals surface area contributed by atoms with Gasteiger partial charge < -0.3 is 15.9 Å². The van der Waals surface area contributed by atoms with Gasteiger partial charge in [-0.15, -0.1) is 12.4 Å². The van der Waals surface area contributed by atoms with E-state index >= 15 is 0 Å². The highest BCUT2D eigenvalue weighted by Gasteiger charge is 2.17. The third-order valence-corrected chi connectivity index (χ3v) is 4.54. The Bertz CT molecular complexity index is 1070. The van der Waals surface area contributed by atoms with E-state index in [1.54, 1.807) is 0 Å². The molecular weight excluding hydrogens is 392 g/mol. The van der Waals surface area contributed by atoms with E-state index in [-0.39, 0.29) is 29.6 Å². The summed E-state index contributed by atoms with van der Waals surface area (Å²) in [4.78, 5) is 21.0. The summed E-state index contributed by atoms with van der Waals surface area (Å²) < 4.78 is 32.9. The summed E-state index contributed by atoms with van der Waals surface area (Å²) in [5, 5.41) is 3.69. The van der Waals surface area contributed by atoms with Gasteiger partial charge in [0.25, 0.3) is 0 Å². The second-order valence-electron chi connectivity index (χ2n) is 6.46. The number of fused-ring (bicyclic) bond motifs is 1. The Morgan fingerprint density at radius 3 is 2.64 bits per heavy atom. The molecule has 3 N–H and O–H groups in total. The summed E-state index contributed by atoms with van der Waals surface area (Å²) >= 11 is 0. The van der Waals surface area contributed by atoms with E-state index in [2.05, 4.69) is 15.3 Å². The molecule has 1 aliphatic carbocycles. The number of rotatable bonds is 4. The molecule has 0 aliphatic heterocycles. The minimum absolute atomic E-state index is 0. The highest BCUT2D eigenvalue weighted by Crippen LogP contribution is 2.25. The first-order chi connectivity index (χ1) is 13.0. The molecule has 28 heavy (non-hydrogen) atoms. The predicted octanol–water partition coefficient (Wildman–Crippen LogP) is 3.35. The molecule has 3 aromatic rings. The average Bonchev–Trinajstić information content (AvgIpc) is 3.15. The maximum absolute atomic E-state index is 13.8. The van der Waals surface area contributed by atoms with Crippen molar-refractivity contribution >= 4 is 29.4 Å². The van der Waals surface area contributed by atoms with Crippen molar-refractivity contribution in [3.8, 4) is 11.5 Å². The summed E-state index contributed by atoms with van der Waals surface area (Å²) in [6, 6.07) is 4.49. The Labute approximate surface area is 164 Å². The normalized spacial score (nSPS) is 14.1. The second-order valence-corrected chi connectivity index (χ2v) is 6.46. The molecule has 0 amide bonds. The smallest absolute Gasteiger partial charge is 0.313 e. The van der Waals surface area contributed by atoms with Crippen LogP contribution in [0.15, 0.2) is 35.3 Å². The first-order valence-corrected chi connectivity index (χ1v) is 8.58. The maximum atomic E-state index is 13.8. The van der Waals surface area contributed by atoms with E-state index < -0.39 is 17.2 Å². The molecule has 0 spiro atoms. The van der Waals surface area contributed by atoms with Crippen LogP contribution in [-0.2, 0) is 0 Å². The molecule has 2 aromatic heterocycles. The number of nitrogen functional groups attached to an aromatic ring is 1. The second kappa shape index (κ2) is 7.97. The number of halogens is 3. The largest absolute Gasteiger partial charge is 0.448 e. The van der Waals surface area contributed by atoms with E-state index in [1.165, 1.54) is 12.3 Å². The van der Waals surface area contributed by atoms with Crippen molar-refractivity contribution in [3.63, 3.8) is 0 Å². The summed E-state index contributed by atoms with van der Waals surface area (Å²) in [7, 11) is 0. The van der Waals surface area contributed by atoms with Gasteiger partial charge in [-0.3, -0.25) is 4.79 Å². The van der Waals surface area contributed by atoms with Gasteiger partial charge in [-0.25, -0.2) is 18.4 Å². The third kappa shape index (κ3) is 3.84. The predicted molar refractivity (Wildman–Crippen MR) is 104 cm³/mol. The Balaban J connectivity index is 0.00000225. The van der Waals surface area contributed by atoms with Gasteiger partial charge >= 0.3 is 5.56 Å². The molecule has 148 valence electrons. The van der Waals surface area contributed by atoms with Crippen LogP contribution in [0.1, 0.15) is 25.7 Å². The number of hydrogen-bond acceptors (Lipinski definition) is 6. The van der Waals surface area contributed by atoms with Crippen molar-refractivity contribution in [2.24, 2.45) is 0 Å². The number of benzene rings is 1. The topological polar surface area (TPSA) is 95.1 Å². The molecule has 0 atom stereocenters. The number of ether oxygens (including phenoxy) is 1. The van der Waals surface area contributed by atoms with Gasteiger partial charge in [0, 0.05) is 23.7 Å². The molecule has 0 saturated heterocycles. The fraction of sp³-hybridized carbons (Fsp3) is 0.278. The SMILES string of the molecule is Cl.Nn1c(=O)c(Oc2ccc(F)cc2F)cc2cnc(NC3CCCC3)nc21. The Morgan fingerprint density at radius 2 is 1.93 bits per heavy atom.